The maximum atomic E-state index is 12.0. The normalized spacial score (nSPS) is 19.9. The van der Waals surface area contributed by atoms with E-state index in [1.165, 1.54) is 24.3 Å². The highest BCUT2D eigenvalue weighted by atomic mass is 16.6. The molecule has 0 amide bonds. The molecule has 1 aromatic rings. The molecule has 0 aliphatic carbocycles. The summed E-state index contributed by atoms with van der Waals surface area (Å²) in [5, 5.41) is 13.7. The summed E-state index contributed by atoms with van der Waals surface area (Å²) < 4.78 is 0. The first-order chi connectivity index (χ1) is 8.58. The minimum atomic E-state index is -0.472. The summed E-state index contributed by atoms with van der Waals surface area (Å²) in [6.45, 7) is 1.81. The number of benzene rings is 1. The Balaban J connectivity index is 2.02. The van der Waals surface area contributed by atoms with Crippen LogP contribution in [0.5, 0.6) is 0 Å². The van der Waals surface area contributed by atoms with Crippen molar-refractivity contribution in [3.63, 3.8) is 0 Å². The SMILES string of the molecule is CN1CCNC1CC(=O)c1ccc([N+](=O)[O-])cc1. The topological polar surface area (TPSA) is 75.5 Å². The summed E-state index contributed by atoms with van der Waals surface area (Å²) >= 11 is 0. The highest BCUT2D eigenvalue weighted by molar-refractivity contribution is 5.96. The van der Waals surface area contributed by atoms with Gasteiger partial charge in [0.1, 0.15) is 0 Å². The average molecular weight is 249 g/mol. The lowest BCUT2D eigenvalue weighted by molar-refractivity contribution is -0.384. The standard InChI is InChI=1S/C12H15N3O3/c1-14-7-6-13-12(14)8-11(16)9-2-4-10(5-3-9)15(17)18/h2-5,12-13H,6-8H2,1H3. The number of nitrogens with one attached hydrogen (secondary N) is 1. The Bertz CT molecular complexity index is 458. The van der Waals surface area contributed by atoms with E-state index in [0.29, 0.717) is 12.0 Å². The number of carbonyl (C=O) groups is 1. The summed E-state index contributed by atoms with van der Waals surface area (Å²) in [4.78, 5) is 24.1. The van der Waals surface area contributed by atoms with Crippen molar-refractivity contribution in [2.24, 2.45) is 0 Å². The third-order valence-electron chi connectivity index (χ3n) is 3.16. The van der Waals surface area contributed by atoms with Crippen molar-refractivity contribution >= 4 is 11.5 Å². The van der Waals surface area contributed by atoms with Gasteiger partial charge in [0, 0.05) is 37.2 Å². The minimum Gasteiger partial charge on any atom is -0.300 e. The Morgan fingerprint density at radius 1 is 1.50 bits per heavy atom. The van der Waals surface area contributed by atoms with Gasteiger partial charge >= 0.3 is 0 Å². The Labute approximate surface area is 105 Å². The number of likely N-dealkylation sites (N-methyl/N-ethyl adjacent to an activating group) is 1. The highest BCUT2D eigenvalue weighted by Gasteiger charge is 2.23. The lowest BCUT2D eigenvalue weighted by atomic mass is 10.1. The molecular weight excluding hydrogens is 234 g/mol. The number of nitrogens with zero attached hydrogens (tertiary/aromatic N) is 2. The fraction of sp³-hybridized carbons (Fsp3) is 0.417. The van der Waals surface area contributed by atoms with Crippen LogP contribution >= 0.6 is 0 Å². The van der Waals surface area contributed by atoms with E-state index in [4.69, 9.17) is 0 Å². The van der Waals surface area contributed by atoms with Gasteiger partial charge in [-0.2, -0.15) is 0 Å². The van der Waals surface area contributed by atoms with Crippen LogP contribution in [-0.4, -0.2) is 41.9 Å². The van der Waals surface area contributed by atoms with Gasteiger partial charge in [-0.1, -0.05) is 0 Å². The first kappa shape index (κ1) is 12.7. The van der Waals surface area contributed by atoms with Crippen molar-refractivity contribution in [2.75, 3.05) is 20.1 Å². The molecule has 1 unspecified atom stereocenters. The molecule has 0 bridgehead atoms. The van der Waals surface area contributed by atoms with E-state index in [2.05, 4.69) is 10.2 Å². The third kappa shape index (κ3) is 2.72. The van der Waals surface area contributed by atoms with Crippen molar-refractivity contribution in [3.05, 3.63) is 39.9 Å². The molecule has 2 rings (SSSR count). The number of hydrogen-bond donors (Lipinski definition) is 1. The number of ketones is 1. The van der Waals surface area contributed by atoms with Crippen LogP contribution in [0.4, 0.5) is 5.69 Å². The second kappa shape index (κ2) is 5.24. The molecule has 1 atom stereocenters. The van der Waals surface area contributed by atoms with Crippen molar-refractivity contribution in [2.45, 2.75) is 12.6 Å². The molecule has 0 saturated carbocycles. The maximum Gasteiger partial charge on any atom is 0.269 e. The van der Waals surface area contributed by atoms with Crippen LogP contribution in [0.3, 0.4) is 0 Å². The molecule has 1 heterocycles. The van der Waals surface area contributed by atoms with E-state index in [9.17, 15) is 14.9 Å². The highest BCUT2D eigenvalue weighted by Crippen LogP contribution is 2.15. The summed E-state index contributed by atoms with van der Waals surface area (Å²) in [6.07, 6.45) is 0.446. The van der Waals surface area contributed by atoms with E-state index >= 15 is 0 Å². The zero-order valence-corrected chi connectivity index (χ0v) is 10.1. The van der Waals surface area contributed by atoms with Gasteiger partial charge in [0.25, 0.3) is 5.69 Å². The quantitative estimate of drug-likeness (QED) is 0.490. The largest absolute Gasteiger partial charge is 0.300 e. The second-order valence-electron chi connectivity index (χ2n) is 4.38. The van der Waals surface area contributed by atoms with E-state index < -0.39 is 4.92 Å². The summed E-state index contributed by atoms with van der Waals surface area (Å²) in [5.41, 5.74) is 0.519. The minimum absolute atomic E-state index is 0.00246. The molecule has 18 heavy (non-hydrogen) atoms. The molecule has 1 aliphatic rings. The van der Waals surface area contributed by atoms with Crippen LogP contribution in [0.15, 0.2) is 24.3 Å². The van der Waals surface area contributed by atoms with Crippen LogP contribution in [0.1, 0.15) is 16.8 Å². The monoisotopic (exact) mass is 249 g/mol. The van der Waals surface area contributed by atoms with Crippen molar-refractivity contribution in [1.82, 2.24) is 10.2 Å². The van der Waals surface area contributed by atoms with Gasteiger partial charge in [0.2, 0.25) is 0 Å². The number of nitro groups is 1. The molecule has 1 N–H and O–H groups in total. The molecule has 1 saturated heterocycles. The zero-order chi connectivity index (χ0) is 13.1. The van der Waals surface area contributed by atoms with Crippen LogP contribution in [0.25, 0.3) is 0 Å². The van der Waals surface area contributed by atoms with Gasteiger partial charge in [0.05, 0.1) is 11.1 Å². The number of Topliss-reactive ketones (excluding diaryl/α,β-unsaturated/α-hetero) is 1. The van der Waals surface area contributed by atoms with E-state index in [-0.39, 0.29) is 17.6 Å². The first-order valence-electron chi connectivity index (χ1n) is 5.79. The van der Waals surface area contributed by atoms with Gasteiger partial charge in [-0.25, -0.2) is 0 Å². The van der Waals surface area contributed by atoms with Crippen molar-refractivity contribution < 1.29 is 9.72 Å². The Kier molecular flexibility index (Phi) is 3.69. The maximum absolute atomic E-state index is 12.0. The number of carbonyl (C=O) groups excluding carboxylic acids is 1. The van der Waals surface area contributed by atoms with Crippen LogP contribution < -0.4 is 5.32 Å². The molecule has 1 fully saturated rings. The van der Waals surface area contributed by atoms with Gasteiger partial charge in [0.15, 0.2) is 5.78 Å². The number of non-ortho nitro benzene ring substituents is 1. The lowest BCUT2D eigenvalue weighted by Gasteiger charge is -2.18. The summed E-state index contributed by atoms with van der Waals surface area (Å²) in [6, 6.07) is 5.74. The third-order valence-corrected chi connectivity index (χ3v) is 3.16. The Morgan fingerprint density at radius 2 is 2.17 bits per heavy atom. The lowest BCUT2D eigenvalue weighted by Crippen LogP contribution is -2.34. The fourth-order valence-corrected chi connectivity index (χ4v) is 2.01. The molecule has 1 aromatic carbocycles. The first-order valence-corrected chi connectivity index (χ1v) is 5.79. The van der Waals surface area contributed by atoms with Crippen LogP contribution in [-0.2, 0) is 0 Å². The smallest absolute Gasteiger partial charge is 0.269 e. The fourth-order valence-electron chi connectivity index (χ4n) is 2.01. The molecule has 6 nitrogen and oxygen atoms in total. The molecule has 96 valence electrons. The predicted octanol–water partition coefficient (Wildman–Crippen LogP) is 1.03. The zero-order valence-electron chi connectivity index (χ0n) is 10.1. The van der Waals surface area contributed by atoms with Gasteiger partial charge in [-0.15, -0.1) is 0 Å². The van der Waals surface area contributed by atoms with Gasteiger partial charge in [-0.05, 0) is 19.2 Å². The van der Waals surface area contributed by atoms with Gasteiger partial charge < -0.3 is 5.32 Å². The van der Waals surface area contributed by atoms with Gasteiger partial charge in [-0.3, -0.25) is 19.8 Å². The average Bonchev–Trinajstić information content (AvgIpc) is 2.75. The molecule has 0 spiro atoms. The molecule has 6 heteroatoms. The van der Waals surface area contributed by atoms with E-state index in [1.807, 2.05) is 7.05 Å². The molecule has 1 aliphatic heterocycles. The number of rotatable bonds is 4. The van der Waals surface area contributed by atoms with Crippen LogP contribution in [0, 0.1) is 10.1 Å². The number of hydrogen-bond acceptors (Lipinski definition) is 5. The second-order valence-corrected chi connectivity index (χ2v) is 4.38. The summed E-state index contributed by atoms with van der Waals surface area (Å²) in [5.74, 6) is -0.00357. The molecular formula is C12H15N3O3. The molecule has 0 aromatic heterocycles. The predicted molar refractivity (Wildman–Crippen MR) is 66.5 cm³/mol. The van der Waals surface area contributed by atoms with Crippen molar-refractivity contribution in [1.29, 1.82) is 0 Å². The Morgan fingerprint density at radius 3 is 2.67 bits per heavy atom. The molecule has 0 radical (unpaired) electrons. The number of nitro benzene ring substituents is 1. The Hall–Kier alpha value is -1.79. The van der Waals surface area contributed by atoms with Crippen molar-refractivity contribution in [3.8, 4) is 0 Å². The summed E-state index contributed by atoms with van der Waals surface area (Å²) in [7, 11) is 1.97. The van der Waals surface area contributed by atoms with Crippen LogP contribution in [0.2, 0.25) is 0 Å². The van der Waals surface area contributed by atoms with E-state index in [1.54, 1.807) is 0 Å². The van der Waals surface area contributed by atoms with E-state index in [0.717, 1.165) is 13.1 Å².